The first-order valence-electron chi connectivity index (χ1n) is 5.85. The van der Waals surface area contributed by atoms with Crippen LogP contribution in [0, 0.1) is 5.92 Å². The fourth-order valence-corrected chi connectivity index (χ4v) is 4.54. The number of aliphatic carboxylic acids is 1. The Morgan fingerprint density at radius 2 is 2.05 bits per heavy atom. The van der Waals surface area contributed by atoms with Gasteiger partial charge in [-0.3, -0.25) is 4.79 Å². The number of benzene rings is 1. The van der Waals surface area contributed by atoms with Crippen molar-refractivity contribution >= 4 is 27.6 Å². The standard InChI is InChI=1S/C12H14ClNO4S/c1-8-9(12(15)16)6-7-14(8)19(17,18)11-5-3-2-4-10(11)13/h2-5,8-9H,6-7H2,1H3,(H,15,16). The maximum Gasteiger partial charge on any atom is 0.308 e. The van der Waals surface area contributed by atoms with Crippen LogP contribution in [0.15, 0.2) is 29.2 Å². The predicted octanol–water partition coefficient (Wildman–Crippen LogP) is 1.82. The van der Waals surface area contributed by atoms with Gasteiger partial charge in [-0.05, 0) is 25.5 Å². The third-order valence-corrected chi connectivity index (χ3v) is 5.92. The lowest BCUT2D eigenvalue weighted by molar-refractivity contribution is -0.142. The summed E-state index contributed by atoms with van der Waals surface area (Å²) in [5.41, 5.74) is 0. The van der Waals surface area contributed by atoms with Gasteiger partial charge < -0.3 is 5.11 Å². The van der Waals surface area contributed by atoms with E-state index in [1.807, 2.05) is 0 Å². The number of halogens is 1. The van der Waals surface area contributed by atoms with Gasteiger partial charge in [0.25, 0.3) is 0 Å². The second kappa shape index (κ2) is 5.11. The number of carboxylic acids is 1. The molecule has 2 unspecified atom stereocenters. The first-order chi connectivity index (χ1) is 8.85. The molecule has 19 heavy (non-hydrogen) atoms. The Kier molecular flexibility index (Phi) is 3.85. The Bertz CT molecular complexity index is 602. The Balaban J connectivity index is 2.37. The summed E-state index contributed by atoms with van der Waals surface area (Å²) >= 11 is 5.91. The van der Waals surface area contributed by atoms with Gasteiger partial charge in [-0.1, -0.05) is 23.7 Å². The van der Waals surface area contributed by atoms with Crippen molar-refractivity contribution in [3.63, 3.8) is 0 Å². The summed E-state index contributed by atoms with van der Waals surface area (Å²) in [5.74, 6) is -1.64. The number of sulfonamides is 1. The molecule has 1 saturated heterocycles. The molecule has 2 rings (SSSR count). The van der Waals surface area contributed by atoms with Gasteiger partial charge in [0.2, 0.25) is 10.0 Å². The van der Waals surface area contributed by atoms with Gasteiger partial charge >= 0.3 is 5.97 Å². The zero-order chi connectivity index (χ0) is 14.2. The molecular weight excluding hydrogens is 290 g/mol. The summed E-state index contributed by atoms with van der Waals surface area (Å²) in [5, 5.41) is 9.19. The predicted molar refractivity (Wildman–Crippen MR) is 70.5 cm³/mol. The quantitative estimate of drug-likeness (QED) is 0.924. The van der Waals surface area contributed by atoms with Gasteiger partial charge in [0.05, 0.1) is 10.9 Å². The van der Waals surface area contributed by atoms with Crippen LogP contribution in [0.5, 0.6) is 0 Å². The van der Waals surface area contributed by atoms with Crippen molar-refractivity contribution in [1.82, 2.24) is 4.31 Å². The molecule has 1 N–H and O–H groups in total. The molecule has 1 aromatic carbocycles. The molecule has 1 aromatic rings. The van der Waals surface area contributed by atoms with Crippen molar-refractivity contribution in [3.05, 3.63) is 29.3 Å². The molecule has 1 aliphatic rings. The number of nitrogens with zero attached hydrogens (tertiary/aromatic N) is 1. The van der Waals surface area contributed by atoms with Crippen LogP contribution in [-0.4, -0.2) is 36.4 Å². The Morgan fingerprint density at radius 1 is 1.42 bits per heavy atom. The second-order valence-electron chi connectivity index (χ2n) is 4.52. The van der Waals surface area contributed by atoms with Gasteiger partial charge in [-0.25, -0.2) is 8.42 Å². The van der Waals surface area contributed by atoms with Gasteiger partial charge in [-0.2, -0.15) is 4.31 Å². The Morgan fingerprint density at radius 3 is 2.58 bits per heavy atom. The highest BCUT2D eigenvalue weighted by molar-refractivity contribution is 7.89. The summed E-state index contributed by atoms with van der Waals surface area (Å²) in [7, 11) is -3.75. The minimum atomic E-state index is -3.75. The van der Waals surface area contributed by atoms with E-state index in [0.29, 0.717) is 6.42 Å². The van der Waals surface area contributed by atoms with E-state index in [1.165, 1.54) is 16.4 Å². The molecule has 1 aliphatic heterocycles. The van der Waals surface area contributed by atoms with Crippen molar-refractivity contribution in [2.45, 2.75) is 24.3 Å². The molecule has 7 heteroatoms. The molecule has 0 aromatic heterocycles. The van der Waals surface area contributed by atoms with Crippen LogP contribution in [0.2, 0.25) is 5.02 Å². The van der Waals surface area contributed by atoms with E-state index < -0.39 is 28.0 Å². The lowest BCUT2D eigenvalue weighted by atomic mass is 10.0. The lowest BCUT2D eigenvalue weighted by Gasteiger charge is -2.23. The topological polar surface area (TPSA) is 74.7 Å². The van der Waals surface area contributed by atoms with Crippen molar-refractivity contribution < 1.29 is 18.3 Å². The molecule has 1 heterocycles. The molecular formula is C12H14ClNO4S. The van der Waals surface area contributed by atoms with Crippen LogP contribution < -0.4 is 0 Å². The van der Waals surface area contributed by atoms with E-state index in [9.17, 15) is 13.2 Å². The highest BCUT2D eigenvalue weighted by atomic mass is 35.5. The second-order valence-corrected chi connectivity index (χ2v) is 6.79. The molecule has 5 nitrogen and oxygen atoms in total. The minimum absolute atomic E-state index is 0.0227. The fourth-order valence-electron chi connectivity index (χ4n) is 2.36. The van der Waals surface area contributed by atoms with Crippen molar-refractivity contribution in [3.8, 4) is 0 Å². The van der Waals surface area contributed by atoms with Crippen LogP contribution in [0.1, 0.15) is 13.3 Å². The average molecular weight is 304 g/mol. The molecule has 0 saturated carbocycles. The molecule has 0 radical (unpaired) electrons. The van der Waals surface area contributed by atoms with Gasteiger partial charge in [0.15, 0.2) is 0 Å². The first-order valence-corrected chi connectivity index (χ1v) is 7.66. The van der Waals surface area contributed by atoms with Crippen LogP contribution in [0.3, 0.4) is 0 Å². The third-order valence-electron chi connectivity index (χ3n) is 3.44. The number of carbonyl (C=O) groups is 1. The van der Waals surface area contributed by atoms with E-state index >= 15 is 0 Å². The van der Waals surface area contributed by atoms with E-state index in [-0.39, 0.29) is 16.5 Å². The fraction of sp³-hybridized carbons (Fsp3) is 0.417. The number of hydrogen-bond acceptors (Lipinski definition) is 3. The third kappa shape index (κ3) is 2.48. The number of rotatable bonds is 3. The normalized spacial score (nSPS) is 24.5. The lowest BCUT2D eigenvalue weighted by Crippen LogP contribution is -2.37. The molecule has 0 bridgehead atoms. The van der Waals surface area contributed by atoms with E-state index in [4.69, 9.17) is 16.7 Å². The summed E-state index contributed by atoms with van der Waals surface area (Å²) in [6.07, 6.45) is 0.320. The summed E-state index contributed by atoms with van der Waals surface area (Å²) in [6, 6.07) is 5.60. The summed E-state index contributed by atoms with van der Waals surface area (Å²) in [6.45, 7) is 1.81. The Hall–Kier alpha value is -1.11. The van der Waals surface area contributed by atoms with Crippen LogP contribution >= 0.6 is 11.6 Å². The summed E-state index contributed by atoms with van der Waals surface area (Å²) < 4.78 is 26.2. The molecule has 2 atom stereocenters. The largest absolute Gasteiger partial charge is 0.481 e. The zero-order valence-corrected chi connectivity index (χ0v) is 11.9. The van der Waals surface area contributed by atoms with Gasteiger partial charge in [0.1, 0.15) is 4.90 Å². The van der Waals surface area contributed by atoms with Crippen molar-refractivity contribution in [2.75, 3.05) is 6.54 Å². The van der Waals surface area contributed by atoms with Gasteiger partial charge in [-0.15, -0.1) is 0 Å². The highest BCUT2D eigenvalue weighted by Gasteiger charge is 2.42. The molecule has 1 fully saturated rings. The highest BCUT2D eigenvalue weighted by Crippen LogP contribution is 2.32. The molecule has 0 aliphatic carbocycles. The number of carboxylic acid groups (broad SMARTS) is 1. The number of hydrogen-bond donors (Lipinski definition) is 1. The molecule has 0 amide bonds. The van der Waals surface area contributed by atoms with E-state index in [0.717, 1.165) is 0 Å². The molecule has 104 valence electrons. The van der Waals surface area contributed by atoms with E-state index in [2.05, 4.69) is 0 Å². The van der Waals surface area contributed by atoms with Crippen LogP contribution in [-0.2, 0) is 14.8 Å². The van der Waals surface area contributed by atoms with Gasteiger partial charge in [0, 0.05) is 12.6 Å². The Labute approximate surface area is 116 Å². The van der Waals surface area contributed by atoms with Crippen molar-refractivity contribution in [1.29, 1.82) is 0 Å². The van der Waals surface area contributed by atoms with Crippen LogP contribution in [0.4, 0.5) is 0 Å². The smallest absolute Gasteiger partial charge is 0.308 e. The van der Waals surface area contributed by atoms with E-state index in [1.54, 1.807) is 19.1 Å². The minimum Gasteiger partial charge on any atom is -0.481 e. The van der Waals surface area contributed by atoms with Crippen LogP contribution in [0.25, 0.3) is 0 Å². The zero-order valence-electron chi connectivity index (χ0n) is 10.3. The maximum atomic E-state index is 12.5. The SMILES string of the molecule is CC1C(C(=O)O)CCN1S(=O)(=O)c1ccccc1Cl. The average Bonchev–Trinajstić information content (AvgIpc) is 2.72. The summed E-state index contributed by atoms with van der Waals surface area (Å²) in [4.78, 5) is 11.1. The maximum absolute atomic E-state index is 12.5. The molecule has 0 spiro atoms. The van der Waals surface area contributed by atoms with Crippen molar-refractivity contribution in [2.24, 2.45) is 5.92 Å². The first kappa shape index (κ1) is 14.3. The monoisotopic (exact) mass is 303 g/mol.